The summed E-state index contributed by atoms with van der Waals surface area (Å²) in [7, 11) is -3.15. The normalized spacial score (nSPS) is 16.9. The molecule has 0 radical (unpaired) electrons. The zero-order valence-electron chi connectivity index (χ0n) is 10.7. The molecule has 1 amide bonds. The Labute approximate surface area is 112 Å². The average Bonchev–Trinajstić information content (AvgIpc) is 2.26. The maximum absolute atomic E-state index is 11.7. The van der Waals surface area contributed by atoms with Crippen LogP contribution in [0.5, 0.6) is 0 Å². The summed E-state index contributed by atoms with van der Waals surface area (Å²) in [5.74, 6) is -0.291. The van der Waals surface area contributed by atoms with Gasteiger partial charge in [-0.25, -0.2) is 12.7 Å². The maximum Gasteiger partial charge on any atom is 0.225 e. The quantitative estimate of drug-likeness (QED) is 0.800. The highest BCUT2D eigenvalue weighted by molar-refractivity contribution is 7.88. The molecule has 0 aromatic carbocycles. The van der Waals surface area contributed by atoms with Gasteiger partial charge in [0.1, 0.15) is 0 Å². The van der Waals surface area contributed by atoms with Crippen molar-refractivity contribution in [3.8, 4) is 0 Å². The number of carbonyl (C=O) groups excluding carboxylic acids is 1. The molecular weight excluding hydrogens is 266 g/mol. The van der Waals surface area contributed by atoms with Crippen molar-refractivity contribution >= 4 is 15.9 Å². The van der Waals surface area contributed by atoms with Gasteiger partial charge in [0.2, 0.25) is 15.9 Å². The molecule has 0 aliphatic carbocycles. The van der Waals surface area contributed by atoms with E-state index in [0.29, 0.717) is 19.6 Å². The molecule has 7 heteroatoms. The molecule has 1 aromatic heterocycles. The minimum absolute atomic E-state index is 0.0750. The summed E-state index contributed by atoms with van der Waals surface area (Å²) >= 11 is 0. The first kappa shape index (κ1) is 14.0. The Morgan fingerprint density at radius 3 is 2.63 bits per heavy atom. The fourth-order valence-electron chi connectivity index (χ4n) is 1.90. The van der Waals surface area contributed by atoms with Crippen LogP contribution in [0.15, 0.2) is 24.5 Å². The van der Waals surface area contributed by atoms with Crippen LogP contribution in [0.25, 0.3) is 0 Å². The first-order chi connectivity index (χ1) is 8.97. The van der Waals surface area contributed by atoms with Crippen molar-refractivity contribution in [1.29, 1.82) is 0 Å². The Kier molecular flexibility index (Phi) is 4.16. The molecule has 2 rings (SSSR count). The standard InChI is InChI=1S/C12H17N3O3S/c1-19(17,18)15-8-11(9-15)12(16)14-7-4-10-2-5-13-6-3-10/h2-3,5-6,11H,4,7-9H2,1H3,(H,14,16). The number of hydrogen-bond donors (Lipinski definition) is 1. The highest BCUT2D eigenvalue weighted by Crippen LogP contribution is 2.18. The largest absolute Gasteiger partial charge is 0.355 e. The minimum atomic E-state index is -3.15. The molecule has 0 bridgehead atoms. The number of sulfonamides is 1. The number of nitrogens with zero attached hydrogens (tertiary/aromatic N) is 2. The van der Waals surface area contributed by atoms with Gasteiger partial charge >= 0.3 is 0 Å². The van der Waals surface area contributed by atoms with E-state index in [4.69, 9.17) is 0 Å². The van der Waals surface area contributed by atoms with Gasteiger partial charge in [-0.2, -0.15) is 0 Å². The number of rotatable bonds is 5. The van der Waals surface area contributed by atoms with Crippen LogP contribution >= 0.6 is 0 Å². The van der Waals surface area contributed by atoms with E-state index >= 15 is 0 Å². The van der Waals surface area contributed by atoms with E-state index < -0.39 is 10.0 Å². The lowest BCUT2D eigenvalue weighted by Gasteiger charge is -2.35. The van der Waals surface area contributed by atoms with Gasteiger partial charge in [-0.05, 0) is 24.1 Å². The molecule has 0 saturated carbocycles. The van der Waals surface area contributed by atoms with E-state index in [1.807, 2.05) is 12.1 Å². The third-order valence-electron chi connectivity index (χ3n) is 3.15. The molecule has 1 aliphatic rings. The van der Waals surface area contributed by atoms with Gasteiger partial charge in [-0.15, -0.1) is 0 Å². The smallest absolute Gasteiger partial charge is 0.225 e. The fraction of sp³-hybridized carbons (Fsp3) is 0.500. The minimum Gasteiger partial charge on any atom is -0.355 e. The number of pyridine rings is 1. The summed E-state index contributed by atoms with van der Waals surface area (Å²) in [6.45, 7) is 1.14. The molecule has 0 atom stereocenters. The van der Waals surface area contributed by atoms with E-state index in [1.165, 1.54) is 4.31 Å². The van der Waals surface area contributed by atoms with Crippen molar-refractivity contribution in [3.05, 3.63) is 30.1 Å². The summed E-state index contributed by atoms with van der Waals surface area (Å²) in [5, 5.41) is 2.82. The SMILES string of the molecule is CS(=O)(=O)N1CC(C(=O)NCCc2ccncc2)C1. The molecule has 6 nitrogen and oxygen atoms in total. The second kappa shape index (κ2) is 5.66. The molecule has 1 N–H and O–H groups in total. The summed E-state index contributed by atoms with van der Waals surface area (Å²) < 4.78 is 23.6. The second-order valence-electron chi connectivity index (χ2n) is 4.67. The van der Waals surface area contributed by atoms with Gasteiger partial charge in [-0.3, -0.25) is 9.78 Å². The van der Waals surface area contributed by atoms with E-state index in [9.17, 15) is 13.2 Å². The van der Waals surface area contributed by atoms with E-state index in [0.717, 1.165) is 18.2 Å². The predicted octanol–water partition coefficient (Wildman–Crippen LogP) is -0.368. The van der Waals surface area contributed by atoms with Crippen molar-refractivity contribution in [2.45, 2.75) is 6.42 Å². The molecular formula is C12H17N3O3S. The zero-order valence-corrected chi connectivity index (χ0v) is 11.6. The molecule has 0 unspecified atom stereocenters. The molecule has 1 saturated heterocycles. The Bertz CT molecular complexity index is 539. The number of carbonyl (C=O) groups is 1. The molecule has 19 heavy (non-hydrogen) atoms. The summed E-state index contributed by atoms with van der Waals surface area (Å²) in [6.07, 6.45) is 5.33. The molecule has 1 aliphatic heterocycles. The van der Waals surface area contributed by atoms with Gasteiger partial charge in [0.25, 0.3) is 0 Å². The number of amides is 1. The molecule has 0 spiro atoms. The summed E-state index contributed by atoms with van der Waals surface area (Å²) in [6, 6.07) is 3.81. The van der Waals surface area contributed by atoms with Crippen LogP contribution in [0.4, 0.5) is 0 Å². The van der Waals surface area contributed by atoms with Crippen molar-refractivity contribution in [2.75, 3.05) is 25.9 Å². The first-order valence-corrected chi connectivity index (χ1v) is 7.93. The summed E-state index contributed by atoms with van der Waals surface area (Å²) in [4.78, 5) is 15.7. The number of nitrogens with one attached hydrogen (secondary N) is 1. The lowest BCUT2D eigenvalue weighted by molar-refractivity contribution is -0.128. The Hall–Kier alpha value is -1.47. The zero-order chi connectivity index (χ0) is 13.9. The first-order valence-electron chi connectivity index (χ1n) is 6.08. The Balaban J connectivity index is 1.69. The third kappa shape index (κ3) is 3.74. The van der Waals surface area contributed by atoms with Crippen molar-refractivity contribution in [3.63, 3.8) is 0 Å². The Morgan fingerprint density at radius 2 is 2.05 bits per heavy atom. The van der Waals surface area contributed by atoms with Crippen LogP contribution in [0.1, 0.15) is 5.56 Å². The van der Waals surface area contributed by atoms with Crippen LogP contribution in [0, 0.1) is 5.92 Å². The van der Waals surface area contributed by atoms with Crippen LogP contribution in [-0.4, -0.2) is 49.5 Å². The summed E-state index contributed by atoms with van der Waals surface area (Å²) in [5.41, 5.74) is 1.11. The number of hydrogen-bond acceptors (Lipinski definition) is 4. The topological polar surface area (TPSA) is 79.4 Å². The van der Waals surface area contributed by atoms with E-state index in [2.05, 4.69) is 10.3 Å². The monoisotopic (exact) mass is 283 g/mol. The molecule has 104 valence electrons. The van der Waals surface area contributed by atoms with Crippen molar-refractivity contribution in [1.82, 2.24) is 14.6 Å². The lowest BCUT2D eigenvalue weighted by Crippen LogP contribution is -2.55. The fourth-order valence-corrected chi connectivity index (χ4v) is 2.80. The molecule has 1 fully saturated rings. The third-order valence-corrected chi connectivity index (χ3v) is 4.39. The van der Waals surface area contributed by atoms with Crippen molar-refractivity contribution in [2.24, 2.45) is 5.92 Å². The highest BCUT2D eigenvalue weighted by atomic mass is 32.2. The van der Waals surface area contributed by atoms with Gasteiger partial charge < -0.3 is 5.32 Å². The van der Waals surface area contributed by atoms with Crippen LogP contribution in [0.3, 0.4) is 0 Å². The van der Waals surface area contributed by atoms with Gasteiger partial charge in [0.15, 0.2) is 0 Å². The lowest BCUT2D eigenvalue weighted by atomic mass is 10.0. The van der Waals surface area contributed by atoms with Crippen molar-refractivity contribution < 1.29 is 13.2 Å². The highest BCUT2D eigenvalue weighted by Gasteiger charge is 2.37. The van der Waals surface area contributed by atoms with Gasteiger partial charge in [0.05, 0.1) is 12.2 Å². The molecule has 2 heterocycles. The Morgan fingerprint density at radius 1 is 1.42 bits per heavy atom. The van der Waals surface area contributed by atoms with Gasteiger partial charge in [0, 0.05) is 32.0 Å². The second-order valence-corrected chi connectivity index (χ2v) is 6.66. The van der Waals surface area contributed by atoms with E-state index in [-0.39, 0.29) is 11.8 Å². The maximum atomic E-state index is 11.7. The predicted molar refractivity (Wildman–Crippen MR) is 70.9 cm³/mol. The number of aromatic nitrogens is 1. The van der Waals surface area contributed by atoms with Crippen LogP contribution in [0.2, 0.25) is 0 Å². The van der Waals surface area contributed by atoms with Gasteiger partial charge in [-0.1, -0.05) is 0 Å². The van der Waals surface area contributed by atoms with Crippen LogP contribution in [-0.2, 0) is 21.2 Å². The van der Waals surface area contributed by atoms with E-state index in [1.54, 1.807) is 12.4 Å². The average molecular weight is 283 g/mol. The van der Waals surface area contributed by atoms with Crippen LogP contribution < -0.4 is 5.32 Å². The molecule has 1 aromatic rings.